The molecular formula is C25H33NO2. The molecule has 0 aliphatic heterocycles. The van der Waals surface area contributed by atoms with Gasteiger partial charge in [0, 0.05) is 6.04 Å². The van der Waals surface area contributed by atoms with E-state index in [1.54, 1.807) is 0 Å². The van der Waals surface area contributed by atoms with Crippen molar-refractivity contribution in [2.24, 2.45) is 0 Å². The van der Waals surface area contributed by atoms with Gasteiger partial charge >= 0.3 is 0 Å². The molecule has 0 saturated heterocycles. The van der Waals surface area contributed by atoms with E-state index >= 15 is 0 Å². The van der Waals surface area contributed by atoms with Gasteiger partial charge in [-0.1, -0.05) is 56.3 Å². The van der Waals surface area contributed by atoms with Crippen molar-refractivity contribution in [1.82, 2.24) is 5.32 Å². The minimum absolute atomic E-state index is 0.00342. The minimum Gasteiger partial charge on any atom is -0.481 e. The van der Waals surface area contributed by atoms with Crippen LogP contribution in [0.15, 0.2) is 48.5 Å². The molecule has 2 aromatic rings. The fraction of sp³-hybridized carbons (Fsp3) is 0.480. The van der Waals surface area contributed by atoms with Gasteiger partial charge in [-0.25, -0.2) is 0 Å². The quantitative estimate of drug-likeness (QED) is 0.717. The van der Waals surface area contributed by atoms with Crippen molar-refractivity contribution in [2.45, 2.75) is 77.4 Å². The van der Waals surface area contributed by atoms with Gasteiger partial charge in [0.05, 0.1) is 0 Å². The fourth-order valence-electron chi connectivity index (χ4n) is 4.28. The molecule has 28 heavy (non-hydrogen) atoms. The maximum atomic E-state index is 12.7. The first-order valence-corrected chi connectivity index (χ1v) is 10.5. The van der Waals surface area contributed by atoms with Crippen molar-refractivity contribution in [1.29, 1.82) is 0 Å². The molecule has 1 N–H and O–H groups in total. The number of nitrogens with one attached hydrogen (secondary N) is 1. The summed E-state index contributed by atoms with van der Waals surface area (Å²) in [5.74, 6) is 0.821. The molecule has 3 nitrogen and oxygen atoms in total. The number of hydrogen-bond acceptors (Lipinski definition) is 2. The third-order valence-corrected chi connectivity index (χ3v) is 5.79. The van der Waals surface area contributed by atoms with E-state index in [9.17, 15) is 4.79 Å². The Hall–Kier alpha value is -2.29. The number of fused-ring (bicyclic) bond motifs is 1. The molecular weight excluding hydrogens is 346 g/mol. The van der Waals surface area contributed by atoms with Crippen LogP contribution in [-0.2, 0) is 23.1 Å². The molecule has 0 radical (unpaired) electrons. The Morgan fingerprint density at radius 2 is 1.75 bits per heavy atom. The Balaban J connectivity index is 1.58. The average molecular weight is 380 g/mol. The number of benzene rings is 2. The maximum Gasteiger partial charge on any atom is 0.260 e. The first-order valence-electron chi connectivity index (χ1n) is 10.5. The lowest BCUT2D eigenvalue weighted by Gasteiger charge is -2.30. The van der Waals surface area contributed by atoms with E-state index in [1.165, 1.54) is 29.5 Å². The highest BCUT2D eigenvalue weighted by molar-refractivity contribution is 5.81. The van der Waals surface area contributed by atoms with E-state index in [4.69, 9.17) is 4.74 Å². The molecule has 150 valence electrons. The topological polar surface area (TPSA) is 38.3 Å². The molecule has 1 aliphatic rings. The summed E-state index contributed by atoms with van der Waals surface area (Å²) in [7, 11) is 0. The van der Waals surface area contributed by atoms with E-state index in [1.807, 2.05) is 25.1 Å². The summed E-state index contributed by atoms with van der Waals surface area (Å²) in [4.78, 5) is 12.7. The van der Waals surface area contributed by atoms with Gasteiger partial charge in [-0.3, -0.25) is 4.79 Å². The van der Waals surface area contributed by atoms with Gasteiger partial charge in [-0.2, -0.15) is 0 Å². The Morgan fingerprint density at radius 1 is 1.04 bits per heavy atom. The zero-order valence-corrected chi connectivity index (χ0v) is 17.6. The largest absolute Gasteiger partial charge is 0.481 e. The van der Waals surface area contributed by atoms with E-state index in [-0.39, 0.29) is 17.4 Å². The highest BCUT2D eigenvalue weighted by Crippen LogP contribution is 2.30. The van der Waals surface area contributed by atoms with Crippen LogP contribution < -0.4 is 10.1 Å². The third kappa shape index (κ3) is 4.95. The second kappa shape index (κ2) is 8.81. The van der Waals surface area contributed by atoms with Crippen LogP contribution >= 0.6 is 0 Å². The predicted molar refractivity (Wildman–Crippen MR) is 115 cm³/mol. The second-order valence-corrected chi connectivity index (χ2v) is 8.72. The first kappa shape index (κ1) is 20.4. The van der Waals surface area contributed by atoms with Crippen molar-refractivity contribution in [3.63, 3.8) is 0 Å². The third-order valence-electron chi connectivity index (χ3n) is 5.79. The van der Waals surface area contributed by atoms with Crippen molar-refractivity contribution in [3.8, 4) is 5.75 Å². The monoisotopic (exact) mass is 379 g/mol. The van der Waals surface area contributed by atoms with Gasteiger partial charge in [0.1, 0.15) is 5.75 Å². The van der Waals surface area contributed by atoms with Crippen LogP contribution in [-0.4, -0.2) is 18.1 Å². The predicted octanol–water partition coefficient (Wildman–Crippen LogP) is 5.21. The molecule has 3 rings (SSSR count). The second-order valence-electron chi connectivity index (χ2n) is 8.72. The highest BCUT2D eigenvalue weighted by atomic mass is 16.5. The van der Waals surface area contributed by atoms with E-state index < -0.39 is 6.10 Å². The molecule has 1 amide bonds. The highest BCUT2D eigenvalue weighted by Gasteiger charge is 2.26. The zero-order valence-electron chi connectivity index (χ0n) is 17.6. The molecule has 2 atom stereocenters. The van der Waals surface area contributed by atoms with Gasteiger partial charge in [0.15, 0.2) is 6.10 Å². The van der Waals surface area contributed by atoms with E-state index in [0.29, 0.717) is 0 Å². The number of hydrogen-bond donors (Lipinski definition) is 1. The molecule has 2 aromatic carbocycles. The molecule has 0 unspecified atom stereocenters. The Kier molecular flexibility index (Phi) is 6.43. The lowest BCUT2D eigenvalue weighted by atomic mass is 9.79. The van der Waals surface area contributed by atoms with Crippen molar-refractivity contribution < 1.29 is 9.53 Å². The van der Waals surface area contributed by atoms with Crippen LogP contribution in [0.4, 0.5) is 0 Å². The van der Waals surface area contributed by atoms with E-state index in [0.717, 1.165) is 25.0 Å². The standard InChI is InChI=1S/C25H33NO2/c1-18(17-25(3,4)21-13-6-5-7-14-21)26-24(27)19(2)28-23-16-10-12-20-11-8-9-15-22(20)23/h5-7,10,12-14,16,18-19H,8-9,11,15,17H2,1-4H3,(H,26,27)/t18-,19+/m0/s1. The summed E-state index contributed by atoms with van der Waals surface area (Å²) in [6.07, 6.45) is 4.95. The van der Waals surface area contributed by atoms with Gasteiger partial charge < -0.3 is 10.1 Å². The lowest BCUT2D eigenvalue weighted by molar-refractivity contribution is -0.128. The smallest absolute Gasteiger partial charge is 0.260 e. The number of rotatable bonds is 7. The van der Waals surface area contributed by atoms with Crippen molar-refractivity contribution in [3.05, 3.63) is 65.2 Å². The Morgan fingerprint density at radius 3 is 2.50 bits per heavy atom. The SMILES string of the molecule is C[C@@H](CC(C)(C)c1ccccc1)NC(=O)[C@@H](C)Oc1cccc2c1CCCC2. The number of aryl methyl sites for hydroxylation is 1. The summed E-state index contributed by atoms with van der Waals surface area (Å²) >= 11 is 0. The van der Waals surface area contributed by atoms with Crippen LogP contribution in [0.5, 0.6) is 5.75 Å². The lowest BCUT2D eigenvalue weighted by Crippen LogP contribution is -2.43. The number of carbonyl (C=O) groups is 1. The van der Waals surface area contributed by atoms with Crippen molar-refractivity contribution >= 4 is 5.91 Å². The number of amides is 1. The van der Waals surface area contributed by atoms with Gasteiger partial charge in [-0.15, -0.1) is 0 Å². The molecule has 1 aliphatic carbocycles. The van der Waals surface area contributed by atoms with E-state index in [2.05, 4.69) is 56.4 Å². The van der Waals surface area contributed by atoms with Crippen LogP contribution in [0, 0.1) is 0 Å². The summed E-state index contributed by atoms with van der Waals surface area (Å²) in [5, 5.41) is 3.14. The average Bonchev–Trinajstić information content (AvgIpc) is 2.68. The molecule has 0 spiro atoms. The van der Waals surface area contributed by atoms with Crippen LogP contribution in [0.25, 0.3) is 0 Å². The fourth-order valence-corrected chi connectivity index (χ4v) is 4.28. The van der Waals surface area contributed by atoms with Crippen LogP contribution in [0.2, 0.25) is 0 Å². The normalized spacial score (nSPS) is 16.0. The first-order chi connectivity index (χ1) is 13.4. The zero-order chi connectivity index (χ0) is 20.1. The minimum atomic E-state index is -0.504. The molecule has 0 saturated carbocycles. The Bertz CT molecular complexity index is 797. The van der Waals surface area contributed by atoms with Gasteiger partial charge in [0.2, 0.25) is 0 Å². The molecule has 0 bridgehead atoms. The van der Waals surface area contributed by atoms with Crippen LogP contribution in [0.3, 0.4) is 0 Å². The van der Waals surface area contributed by atoms with Crippen molar-refractivity contribution in [2.75, 3.05) is 0 Å². The molecule has 0 aromatic heterocycles. The maximum absolute atomic E-state index is 12.7. The van der Waals surface area contributed by atoms with Gasteiger partial charge in [-0.05, 0) is 74.1 Å². The number of carbonyl (C=O) groups excluding carboxylic acids is 1. The summed E-state index contributed by atoms with van der Waals surface area (Å²) in [6.45, 7) is 8.36. The van der Waals surface area contributed by atoms with Crippen LogP contribution in [0.1, 0.15) is 63.6 Å². The number of ether oxygens (including phenoxy) is 1. The molecule has 3 heteroatoms. The summed E-state index contributed by atoms with van der Waals surface area (Å²) in [5.41, 5.74) is 3.94. The molecule has 0 heterocycles. The Labute approximate surface area is 169 Å². The summed E-state index contributed by atoms with van der Waals surface area (Å²) < 4.78 is 6.08. The van der Waals surface area contributed by atoms with Gasteiger partial charge in [0.25, 0.3) is 5.91 Å². The molecule has 0 fully saturated rings. The summed E-state index contributed by atoms with van der Waals surface area (Å²) in [6, 6.07) is 16.8.